The Morgan fingerprint density at radius 3 is 2.60 bits per heavy atom. The van der Waals surface area contributed by atoms with Crippen LogP contribution < -0.4 is 0 Å². The molecule has 0 spiro atoms. The van der Waals surface area contributed by atoms with E-state index in [1.54, 1.807) is 4.68 Å². The zero-order valence-corrected chi connectivity index (χ0v) is 11.9. The Bertz CT molecular complexity index is 601. The first-order chi connectivity index (χ1) is 9.49. The van der Waals surface area contributed by atoms with E-state index in [-0.39, 0.29) is 12.3 Å². The van der Waals surface area contributed by atoms with Crippen LogP contribution in [0.5, 0.6) is 0 Å². The molecule has 6 heteroatoms. The van der Waals surface area contributed by atoms with Crippen molar-refractivity contribution in [3.63, 3.8) is 0 Å². The highest BCUT2D eigenvalue weighted by Gasteiger charge is 2.16. The Morgan fingerprint density at radius 1 is 1.35 bits per heavy atom. The van der Waals surface area contributed by atoms with E-state index in [0.717, 1.165) is 16.7 Å². The van der Waals surface area contributed by atoms with E-state index in [4.69, 9.17) is 5.11 Å². The van der Waals surface area contributed by atoms with E-state index >= 15 is 0 Å². The lowest BCUT2D eigenvalue weighted by molar-refractivity contribution is -0.138. The maximum Gasteiger partial charge on any atom is 0.303 e. The normalized spacial score (nSPS) is 12.3. The largest absolute Gasteiger partial charge is 0.481 e. The number of tetrazole rings is 1. The SMILES string of the molecule is Cc1cccc(C)c1-c1nnnn1CC(C)CC(=O)O. The molecule has 20 heavy (non-hydrogen) atoms. The van der Waals surface area contributed by atoms with Gasteiger partial charge in [0.05, 0.1) is 0 Å². The van der Waals surface area contributed by atoms with Crippen LogP contribution in [0.1, 0.15) is 24.5 Å². The van der Waals surface area contributed by atoms with Gasteiger partial charge >= 0.3 is 5.97 Å². The van der Waals surface area contributed by atoms with Crippen molar-refractivity contribution in [3.05, 3.63) is 29.3 Å². The number of aromatic nitrogens is 4. The molecule has 1 heterocycles. The van der Waals surface area contributed by atoms with Crippen LogP contribution in [0.25, 0.3) is 11.4 Å². The van der Waals surface area contributed by atoms with Crippen molar-refractivity contribution in [1.82, 2.24) is 20.2 Å². The van der Waals surface area contributed by atoms with E-state index in [1.807, 2.05) is 39.0 Å². The average Bonchev–Trinajstić information content (AvgIpc) is 2.76. The maximum absolute atomic E-state index is 10.7. The number of rotatable bonds is 5. The number of nitrogens with zero attached hydrogens (tertiary/aromatic N) is 4. The van der Waals surface area contributed by atoms with Crippen LogP contribution in [0.2, 0.25) is 0 Å². The summed E-state index contributed by atoms with van der Waals surface area (Å²) in [5, 5.41) is 20.6. The van der Waals surface area contributed by atoms with Crippen LogP contribution >= 0.6 is 0 Å². The Labute approximate surface area is 117 Å². The molecule has 0 aliphatic heterocycles. The number of aryl methyl sites for hydroxylation is 2. The number of benzene rings is 1. The van der Waals surface area contributed by atoms with Crippen molar-refractivity contribution < 1.29 is 9.90 Å². The Balaban J connectivity index is 2.31. The molecule has 0 amide bonds. The number of carbonyl (C=O) groups is 1. The molecule has 1 unspecified atom stereocenters. The minimum Gasteiger partial charge on any atom is -0.481 e. The number of hydrogen-bond acceptors (Lipinski definition) is 4. The summed E-state index contributed by atoms with van der Waals surface area (Å²) in [6.45, 7) is 6.40. The average molecular weight is 274 g/mol. The van der Waals surface area contributed by atoms with Gasteiger partial charge in [-0.1, -0.05) is 25.1 Å². The van der Waals surface area contributed by atoms with Gasteiger partial charge in [-0.25, -0.2) is 4.68 Å². The third-order valence-corrected chi connectivity index (χ3v) is 3.24. The summed E-state index contributed by atoms with van der Waals surface area (Å²) in [5.74, 6) is -0.142. The molecule has 6 nitrogen and oxygen atoms in total. The molecule has 1 atom stereocenters. The Morgan fingerprint density at radius 2 is 2.00 bits per heavy atom. The lowest BCUT2D eigenvalue weighted by Crippen LogP contribution is -2.14. The zero-order chi connectivity index (χ0) is 14.7. The molecule has 0 aliphatic carbocycles. The molecule has 106 valence electrons. The van der Waals surface area contributed by atoms with Gasteiger partial charge in [-0.05, 0) is 41.3 Å². The summed E-state index contributed by atoms with van der Waals surface area (Å²) in [6, 6.07) is 6.03. The summed E-state index contributed by atoms with van der Waals surface area (Å²) >= 11 is 0. The fourth-order valence-corrected chi connectivity index (χ4v) is 2.33. The predicted octanol–water partition coefficient (Wildman–Crippen LogP) is 2.07. The van der Waals surface area contributed by atoms with Crippen molar-refractivity contribution in [2.75, 3.05) is 0 Å². The third kappa shape index (κ3) is 3.01. The second-order valence-electron chi connectivity index (χ2n) is 5.15. The van der Waals surface area contributed by atoms with E-state index in [2.05, 4.69) is 15.5 Å². The van der Waals surface area contributed by atoms with Crippen LogP contribution in [0.15, 0.2) is 18.2 Å². The number of aliphatic carboxylic acids is 1. The van der Waals surface area contributed by atoms with E-state index in [9.17, 15) is 4.79 Å². The molecule has 2 rings (SSSR count). The standard InChI is InChI=1S/C14H18N4O2/c1-9(7-12(19)20)8-18-14(15-16-17-18)13-10(2)5-4-6-11(13)3/h4-6,9H,7-8H2,1-3H3,(H,19,20). The number of hydrogen-bond donors (Lipinski definition) is 1. The molecule has 0 bridgehead atoms. The Hall–Kier alpha value is -2.24. The van der Waals surface area contributed by atoms with Gasteiger partial charge in [-0.15, -0.1) is 5.10 Å². The van der Waals surface area contributed by atoms with Gasteiger partial charge in [-0.2, -0.15) is 0 Å². The quantitative estimate of drug-likeness (QED) is 0.902. The molecule has 0 aliphatic rings. The first-order valence-electron chi connectivity index (χ1n) is 6.53. The van der Waals surface area contributed by atoms with Crippen molar-refractivity contribution >= 4 is 5.97 Å². The maximum atomic E-state index is 10.7. The second-order valence-corrected chi connectivity index (χ2v) is 5.15. The van der Waals surface area contributed by atoms with Gasteiger partial charge in [0.2, 0.25) is 0 Å². The van der Waals surface area contributed by atoms with Crippen molar-refractivity contribution in [2.45, 2.75) is 33.7 Å². The van der Waals surface area contributed by atoms with Crippen LogP contribution in [-0.4, -0.2) is 31.3 Å². The smallest absolute Gasteiger partial charge is 0.303 e. The summed E-state index contributed by atoms with van der Waals surface area (Å²) in [7, 11) is 0. The van der Waals surface area contributed by atoms with Gasteiger partial charge in [0.1, 0.15) is 0 Å². The fraction of sp³-hybridized carbons (Fsp3) is 0.429. The summed E-state index contributed by atoms with van der Waals surface area (Å²) in [6.07, 6.45) is 0.103. The molecule has 0 fully saturated rings. The highest BCUT2D eigenvalue weighted by atomic mass is 16.4. The molecule has 1 aromatic carbocycles. The molecular formula is C14H18N4O2. The Kier molecular flexibility index (Phi) is 4.12. The number of carboxylic acids is 1. The molecule has 0 saturated carbocycles. The lowest BCUT2D eigenvalue weighted by Gasteiger charge is -2.12. The third-order valence-electron chi connectivity index (χ3n) is 3.24. The van der Waals surface area contributed by atoms with Gasteiger partial charge in [0, 0.05) is 18.5 Å². The zero-order valence-electron chi connectivity index (χ0n) is 11.9. The summed E-state index contributed by atoms with van der Waals surface area (Å²) < 4.78 is 1.68. The van der Waals surface area contributed by atoms with E-state index in [0.29, 0.717) is 12.4 Å². The van der Waals surface area contributed by atoms with Crippen LogP contribution in [0.4, 0.5) is 0 Å². The van der Waals surface area contributed by atoms with Crippen LogP contribution in [0, 0.1) is 19.8 Å². The van der Waals surface area contributed by atoms with Crippen molar-refractivity contribution in [2.24, 2.45) is 5.92 Å². The first-order valence-corrected chi connectivity index (χ1v) is 6.53. The predicted molar refractivity (Wildman–Crippen MR) is 74.1 cm³/mol. The monoisotopic (exact) mass is 274 g/mol. The minimum absolute atomic E-state index is 0.0286. The minimum atomic E-state index is -0.806. The molecule has 1 aromatic heterocycles. The van der Waals surface area contributed by atoms with Crippen molar-refractivity contribution in [1.29, 1.82) is 0 Å². The molecule has 2 aromatic rings. The van der Waals surface area contributed by atoms with E-state index < -0.39 is 5.97 Å². The second kappa shape index (κ2) is 5.81. The summed E-state index contributed by atoms with van der Waals surface area (Å²) in [4.78, 5) is 10.7. The van der Waals surface area contributed by atoms with Gasteiger partial charge < -0.3 is 5.11 Å². The first kappa shape index (κ1) is 14.2. The van der Waals surface area contributed by atoms with Crippen LogP contribution in [0.3, 0.4) is 0 Å². The summed E-state index contributed by atoms with van der Waals surface area (Å²) in [5.41, 5.74) is 3.22. The van der Waals surface area contributed by atoms with Gasteiger partial charge in [-0.3, -0.25) is 4.79 Å². The topological polar surface area (TPSA) is 80.9 Å². The molecule has 1 N–H and O–H groups in total. The fourth-order valence-electron chi connectivity index (χ4n) is 2.33. The van der Waals surface area contributed by atoms with Crippen molar-refractivity contribution in [3.8, 4) is 11.4 Å². The molecule has 0 saturated heterocycles. The highest BCUT2D eigenvalue weighted by molar-refractivity contribution is 5.67. The highest BCUT2D eigenvalue weighted by Crippen LogP contribution is 2.25. The van der Waals surface area contributed by atoms with Gasteiger partial charge in [0.15, 0.2) is 5.82 Å². The molecular weight excluding hydrogens is 256 g/mol. The molecule has 0 radical (unpaired) electrons. The van der Waals surface area contributed by atoms with E-state index in [1.165, 1.54) is 0 Å². The van der Waals surface area contributed by atoms with Gasteiger partial charge in [0.25, 0.3) is 0 Å². The number of carboxylic acid groups (broad SMARTS) is 1. The van der Waals surface area contributed by atoms with Crippen LogP contribution in [-0.2, 0) is 11.3 Å². The lowest BCUT2D eigenvalue weighted by atomic mass is 10.0.